The average Bonchev–Trinajstić information content (AvgIpc) is 2.90. The predicted molar refractivity (Wildman–Crippen MR) is 134 cm³/mol. The molecule has 220 valence electrons. The highest BCUT2D eigenvalue weighted by atomic mass is 16.5. The Bertz CT molecular complexity index is 477. The average molecular weight is 545 g/mol. The molecule has 14 heteroatoms. The lowest BCUT2D eigenvalue weighted by atomic mass is 9.88. The Morgan fingerprint density at radius 2 is 0.811 bits per heavy atom. The van der Waals surface area contributed by atoms with Crippen molar-refractivity contribution in [1.29, 1.82) is 0 Å². The van der Waals surface area contributed by atoms with Crippen LogP contribution < -0.4 is 0 Å². The van der Waals surface area contributed by atoms with Crippen LogP contribution >= 0.6 is 0 Å². The van der Waals surface area contributed by atoms with Crippen LogP contribution in [0.15, 0.2) is 38.0 Å². The summed E-state index contributed by atoms with van der Waals surface area (Å²) in [6, 6.07) is 0. The summed E-state index contributed by atoms with van der Waals surface area (Å²) in [5, 5.41) is 65.5. The molecule has 0 atom stereocenters. The summed E-state index contributed by atoms with van der Waals surface area (Å²) in [7, 11) is 0. The molecule has 0 radical (unpaired) electrons. The Kier molecular flexibility index (Phi) is 45.3. The van der Waals surface area contributed by atoms with E-state index in [1.165, 1.54) is 0 Å². The summed E-state index contributed by atoms with van der Waals surface area (Å²) in [6.45, 7) is 13.0. The standard InChI is InChI=1S/C8H18O5.C6H14O3.3C3H4O2/c9-1-3-11-5-7-13-8-6-12-4-2-10;1-2-6(3-7,4-8)5-9;3*1-2-3(4)5/h9-10H,1-8H2;7-9H,2-5H2,1H3;3*2H,1H2,(H,4,5). The van der Waals surface area contributed by atoms with Gasteiger partial charge in [-0.15, -0.1) is 0 Å². The van der Waals surface area contributed by atoms with E-state index >= 15 is 0 Å². The molecule has 0 amide bonds. The molecule has 0 heterocycles. The highest BCUT2D eigenvalue weighted by molar-refractivity contribution is 5.79. The van der Waals surface area contributed by atoms with Gasteiger partial charge in [0, 0.05) is 23.6 Å². The monoisotopic (exact) mass is 544 g/mol. The molecule has 0 unspecified atom stereocenters. The molecule has 14 nitrogen and oxygen atoms in total. The molecule has 0 aliphatic rings. The zero-order chi connectivity index (χ0) is 30.0. The topological polar surface area (TPSA) is 241 Å². The fraction of sp³-hybridized carbons (Fsp3) is 0.609. The van der Waals surface area contributed by atoms with E-state index in [1.54, 1.807) is 0 Å². The quantitative estimate of drug-likeness (QED) is 0.0822. The highest BCUT2D eigenvalue weighted by Gasteiger charge is 2.24. The maximum absolute atomic E-state index is 9.25. The zero-order valence-corrected chi connectivity index (χ0v) is 21.4. The van der Waals surface area contributed by atoms with E-state index in [1.807, 2.05) is 6.92 Å². The van der Waals surface area contributed by atoms with Crippen molar-refractivity contribution in [1.82, 2.24) is 0 Å². The molecule has 0 aliphatic heterocycles. The lowest BCUT2D eigenvalue weighted by molar-refractivity contribution is -0.132. The van der Waals surface area contributed by atoms with Crippen LogP contribution in [0, 0.1) is 5.41 Å². The summed E-state index contributed by atoms with van der Waals surface area (Å²) < 4.78 is 15.0. The minimum absolute atomic E-state index is 0.0413. The minimum atomic E-state index is -0.981. The van der Waals surface area contributed by atoms with Crippen molar-refractivity contribution in [3.63, 3.8) is 0 Å². The number of aliphatic hydroxyl groups is 5. The molecule has 0 aromatic carbocycles. The third-order valence-corrected chi connectivity index (χ3v) is 3.50. The second-order valence-electron chi connectivity index (χ2n) is 6.24. The Labute approximate surface area is 217 Å². The third-order valence-electron chi connectivity index (χ3n) is 3.50. The van der Waals surface area contributed by atoms with E-state index in [0.29, 0.717) is 46.1 Å². The van der Waals surface area contributed by atoms with Crippen LogP contribution in [0.5, 0.6) is 0 Å². The summed E-state index contributed by atoms with van der Waals surface area (Å²) in [6.07, 6.45) is 3.09. The second kappa shape index (κ2) is 37.9. The first-order valence-corrected chi connectivity index (χ1v) is 10.8. The first-order valence-electron chi connectivity index (χ1n) is 10.8. The Hall–Kier alpha value is -2.69. The van der Waals surface area contributed by atoms with E-state index < -0.39 is 23.3 Å². The molecular weight excluding hydrogens is 500 g/mol. The van der Waals surface area contributed by atoms with Gasteiger partial charge in [-0.2, -0.15) is 0 Å². The fourth-order valence-corrected chi connectivity index (χ4v) is 1.16. The first kappa shape index (κ1) is 44.3. The van der Waals surface area contributed by atoms with Crippen molar-refractivity contribution in [3.05, 3.63) is 38.0 Å². The van der Waals surface area contributed by atoms with Crippen LogP contribution in [-0.2, 0) is 28.6 Å². The van der Waals surface area contributed by atoms with Crippen LogP contribution in [0.25, 0.3) is 0 Å². The number of carbonyl (C=O) groups is 3. The lowest BCUT2D eigenvalue weighted by Crippen LogP contribution is -2.32. The van der Waals surface area contributed by atoms with Crippen molar-refractivity contribution < 1.29 is 69.4 Å². The normalized spacial score (nSPS) is 9.24. The molecule has 0 bridgehead atoms. The van der Waals surface area contributed by atoms with Gasteiger partial charge in [-0.25, -0.2) is 14.4 Å². The van der Waals surface area contributed by atoms with Gasteiger partial charge < -0.3 is 55.1 Å². The molecule has 0 rings (SSSR count). The molecule has 0 fully saturated rings. The Balaban J connectivity index is -0.000000124. The van der Waals surface area contributed by atoms with Crippen molar-refractivity contribution in [2.75, 3.05) is 72.7 Å². The molecule has 0 aromatic heterocycles. The molecule has 0 saturated heterocycles. The zero-order valence-electron chi connectivity index (χ0n) is 21.4. The largest absolute Gasteiger partial charge is 0.478 e. The number of hydrogen-bond donors (Lipinski definition) is 8. The fourth-order valence-electron chi connectivity index (χ4n) is 1.16. The third kappa shape index (κ3) is 51.0. The summed E-state index contributed by atoms with van der Waals surface area (Å²) in [5.41, 5.74) is -0.667. The molecule has 0 spiro atoms. The van der Waals surface area contributed by atoms with Gasteiger partial charge in [-0.1, -0.05) is 26.7 Å². The van der Waals surface area contributed by atoms with Crippen LogP contribution in [0.3, 0.4) is 0 Å². The second-order valence-corrected chi connectivity index (χ2v) is 6.24. The van der Waals surface area contributed by atoms with E-state index in [2.05, 4.69) is 19.7 Å². The highest BCUT2D eigenvalue weighted by Crippen LogP contribution is 2.18. The maximum Gasteiger partial charge on any atom is 0.327 e. The number of carboxylic acid groups (broad SMARTS) is 3. The number of ether oxygens (including phenoxy) is 3. The smallest absolute Gasteiger partial charge is 0.327 e. The first-order chi connectivity index (χ1) is 17.5. The van der Waals surface area contributed by atoms with Crippen LogP contribution in [0.4, 0.5) is 0 Å². The van der Waals surface area contributed by atoms with Gasteiger partial charge in [-0.05, 0) is 6.42 Å². The molecule has 0 saturated carbocycles. The van der Waals surface area contributed by atoms with Crippen molar-refractivity contribution in [3.8, 4) is 0 Å². The van der Waals surface area contributed by atoms with Crippen molar-refractivity contribution >= 4 is 17.9 Å². The molecule has 0 aliphatic carbocycles. The number of rotatable bonds is 17. The van der Waals surface area contributed by atoms with Gasteiger partial charge in [0.25, 0.3) is 0 Å². The summed E-state index contributed by atoms with van der Waals surface area (Å²) in [4.78, 5) is 27.8. The lowest BCUT2D eigenvalue weighted by Gasteiger charge is -2.24. The van der Waals surface area contributed by atoms with Gasteiger partial charge in [0.15, 0.2) is 0 Å². The van der Waals surface area contributed by atoms with E-state index in [4.69, 9.17) is 55.1 Å². The number of aliphatic carboxylic acids is 3. The van der Waals surface area contributed by atoms with Gasteiger partial charge >= 0.3 is 17.9 Å². The molecule has 37 heavy (non-hydrogen) atoms. The number of aliphatic hydroxyl groups excluding tert-OH is 5. The van der Waals surface area contributed by atoms with Gasteiger partial charge in [0.05, 0.1) is 72.7 Å². The van der Waals surface area contributed by atoms with Crippen molar-refractivity contribution in [2.45, 2.75) is 13.3 Å². The van der Waals surface area contributed by atoms with Gasteiger partial charge in [0.1, 0.15) is 0 Å². The Morgan fingerprint density at radius 3 is 0.919 bits per heavy atom. The summed E-state index contributed by atoms with van der Waals surface area (Å²) >= 11 is 0. The minimum Gasteiger partial charge on any atom is -0.478 e. The predicted octanol–water partition coefficient (Wildman–Crippen LogP) is -0.848. The van der Waals surface area contributed by atoms with Gasteiger partial charge in [-0.3, -0.25) is 0 Å². The van der Waals surface area contributed by atoms with Crippen LogP contribution in [0.1, 0.15) is 13.3 Å². The van der Waals surface area contributed by atoms with E-state index in [0.717, 1.165) is 18.2 Å². The Morgan fingerprint density at radius 1 is 0.595 bits per heavy atom. The molecular formula is C23H44O14. The number of hydrogen-bond acceptors (Lipinski definition) is 11. The van der Waals surface area contributed by atoms with Gasteiger partial charge in [0.2, 0.25) is 0 Å². The summed E-state index contributed by atoms with van der Waals surface area (Å²) in [5.74, 6) is -2.94. The van der Waals surface area contributed by atoms with Crippen LogP contribution in [0.2, 0.25) is 0 Å². The van der Waals surface area contributed by atoms with E-state index in [-0.39, 0.29) is 33.0 Å². The van der Waals surface area contributed by atoms with Crippen molar-refractivity contribution in [2.24, 2.45) is 5.41 Å². The maximum atomic E-state index is 9.25. The molecule has 8 N–H and O–H groups in total. The SMILES string of the molecule is C=CC(=O)O.C=CC(=O)O.C=CC(=O)O.CCC(CO)(CO)CO.OCCOCCOCCOCCO. The van der Waals surface area contributed by atoms with Crippen LogP contribution in [-0.4, -0.2) is 131 Å². The van der Waals surface area contributed by atoms with E-state index in [9.17, 15) is 14.4 Å². The molecule has 0 aromatic rings. The number of carboxylic acids is 3.